The highest BCUT2D eigenvalue weighted by molar-refractivity contribution is 7.72. The van der Waals surface area contributed by atoms with Crippen molar-refractivity contribution in [2.24, 2.45) is 0 Å². The first-order chi connectivity index (χ1) is 6.64. The number of rotatable bonds is 1. The molecule has 14 heavy (non-hydrogen) atoms. The van der Waals surface area contributed by atoms with E-state index in [2.05, 4.69) is 0 Å². The first kappa shape index (κ1) is 9.91. The van der Waals surface area contributed by atoms with Gasteiger partial charge in [-0.1, -0.05) is 30.3 Å². The van der Waals surface area contributed by atoms with Gasteiger partial charge >= 0.3 is 0 Å². The number of aliphatic hydroxyl groups excluding tert-OH is 2. The highest BCUT2D eigenvalue weighted by atomic mass is 31.2. The largest absolute Gasteiger partial charge is 0.390 e. The Kier molecular flexibility index (Phi) is 2.48. The van der Waals surface area contributed by atoms with Gasteiger partial charge in [-0.05, 0) is 6.42 Å². The van der Waals surface area contributed by atoms with Crippen molar-refractivity contribution in [3.05, 3.63) is 30.3 Å². The minimum Gasteiger partial charge on any atom is -0.390 e. The summed E-state index contributed by atoms with van der Waals surface area (Å²) >= 11 is 0. The van der Waals surface area contributed by atoms with Gasteiger partial charge in [0.1, 0.15) is 13.0 Å². The molecular formula is C10H13O3P. The van der Waals surface area contributed by atoms with Crippen molar-refractivity contribution in [2.45, 2.75) is 18.4 Å². The van der Waals surface area contributed by atoms with Gasteiger partial charge < -0.3 is 14.8 Å². The Morgan fingerprint density at radius 3 is 2.36 bits per heavy atom. The Balaban J connectivity index is 2.39. The summed E-state index contributed by atoms with van der Waals surface area (Å²) in [5, 5.41) is 19.7. The maximum Gasteiger partial charge on any atom is 0.145 e. The van der Waals surface area contributed by atoms with E-state index >= 15 is 0 Å². The van der Waals surface area contributed by atoms with Gasteiger partial charge in [0, 0.05) is 11.5 Å². The molecule has 1 saturated heterocycles. The molecule has 1 aromatic carbocycles. The van der Waals surface area contributed by atoms with Crippen molar-refractivity contribution < 1.29 is 14.8 Å². The molecule has 1 heterocycles. The number of aliphatic hydroxyl groups is 2. The molecule has 1 fully saturated rings. The summed E-state index contributed by atoms with van der Waals surface area (Å²) in [5.41, 5.74) is 0. The Morgan fingerprint density at radius 2 is 1.86 bits per heavy atom. The molecule has 76 valence electrons. The second-order valence-electron chi connectivity index (χ2n) is 3.62. The third kappa shape index (κ3) is 1.42. The quantitative estimate of drug-likeness (QED) is 0.675. The van der Waals surface area contributed by atoms with Crippen LogP contribution in [0.4, 0.5) is 0 Å². The summed E-state index contributed by atoms with van der Waals surface area (Å²) in [6.45, 7) is 0. The minimum absolute atomic E-state index is 0.402. The van der Waals surface area contributed by atoms with E-state index in [1.165, 1.54) is 0 Å². The van der Waals surface area contributed by atoms with Crippen molar-refractivity contribution >= 4 is 12.4 Å². The van der Waals surface area contributed by atoms with Crippen molar-refractivity contribution in [1.82, 2.24) is 0 Å². The van der Waals surface area contributed by atoms with Crippen LogP contribution >= 0.6 is 7.14 Å². The van der Waals surface area contributed by atoms with Crippen LogP contribution in [0.5, 0.6) is 0 Å². The van der Waals surface area contributed by atoms with Crippen molar-refractivity contribution in [2.75, 3.05) is 6.16 Å². The molecule has 3 atom stereocenters. The molecule has 1 unspecified atom stereocenters. The van der Waals surface area contributed by atoms with E-state index in [-0.39, 0.29) is 0 Å². The Bertz CT molecular complexity index is 363. The van der Waals surface area contributed by atoms with Gasteiger partial charge in [0.2, 0.25) is 0 Å². The zero-order valence-corrected chi connectivity index (χ0v) is 8.60. The molecule has 1 aliphatic heterocycles. The lowest BCUT2D eigenvalue weighted by Gasteiger charge is -2.17. The molecule has 2 rings (SSSR count). The van der Waals surface area contributed by atoms with E-state index in [0.29, 0.717) is 17.9 Å². The van der Waals surface area contributed by atoms with E-state index in [9.17, 15) is 14.8 Å². The molecule has 2 N–H and O–H groups in total. The van der Waals surface area contributed by atoms with Gasteiger partial charge in [0.15, 0.2) is 0 Å². The van der Waals surface area contributed by atoms with Crippen LogP contribution in [0.25, 0.3) is 0 Å². The molecule has 0 bridgehead atoms. The Morgan fingerprint density at radius 1 is 1.21 bits per heavy atom. The van der Waals surface area contributed by atoms with Crippen LogP contribution < -0.4 is 5.30 Å². The average Bonchev–Trinajstić information content (AvgIpc) is 2.49. The molecule has 0 aliphatic carbocycles. The average molecular weight is 212 g/mol. The first-order valence-corrected chi connectivity index (χ1v) is 6.61. The second kappa shape index (κ2) is 3.50. The van der Waals surface area contributed by atoms with Crippen LogP contribution in [-0.4, -0.2) is 28.3 Å². The summed E-state index contributed by atoms with van der Waals surface area (Å²) < 4.78 is 12.3. The molecule has 0 spiro atoms. The van der Waals surface area contributed by atoms with Gasteiger partial charge in [0.25, 0.3) is 0 Å². The van der Waals surface area contributed by atoms with Crippen LogP contribution in [0, 0.1) is 0 Å². The monoisotopic (exact) mass is 212 g/mol. The third-order valence-corrected chi connectivity index (χ3v) is 6.02. The fourth-order valence-corrected chi connectivity index (χ4v) is 4.70. The van der Waals surface area contributed by atoms with E-state index in [1.54, 1.807) is 24.3 Å². The summed E-state index contributed by atoms with van der Waals surface area (Å²) in [7, 11) is -2.76. The topological polar surface area (TPSA) is 57.5 Å². The summed E-state index contributed by atoms with van der Waals surface area (Å²) in [6, 6.07) is 8.94. The Hall–Kier alpha value is -0.630. The lowest BCUT2D eigenvalue weighted by molar-refractivity contribution is 0.0763. The lowest BCUT2D eigenvalue weighted by Crippen LogP contribution is -2.22. The zero-order valence-electron chi connectivity index (χ0n) is 7.71. The standard InChI is InChI=1S/C10H13O3P/c11-9-6-7-14(13,10(9)12)8-4-2-1-3-5-8/h1-5,9-12H,6-7H2/t9-,10+,14?/m0/s1. The van der Waals surface area contributed by atoms with Crippen LogP contribution in [0.2, 0.25) is 0 Å². The molecule has 0 radical (unpaired) electrons. The predicted molar refractivity (Wildman–Crippen MR) is 55.2 cm³/mol. The van der Waals surface area contributed by atoms with Gasteiger partial charge in [0.05, 0.1) is 6.10 Å². The molecule has 3 nitrogen and oxygen atoms in total. The van der Waals surface area contributed by atoms with E-state index in [1.807, 2.05) is 6.07 Å². The molecule has 1 aromatic rings. The fraction of sp³-hybridized carbons (Fsp3) is 0.400. The normalized spacial score (nSPS) is 37.3. The molecule has 0 amide bonds. The third-order valence-electron chi connectivity index (χ3n) is 2.72. The molecule has 0 aromatic heterocycles. The Labute approximate surface area is 82.8 Å². The highest BCUT2D eigenvalue weighted by Crippen LogP contribution is 2.55. The van der Waals surface area contributed by atoms with E-state index in [4.69, 9.17) is 0 Å². The SMILES string of the molecule is O=P1(c2ccccc2)CC[C@H](O)[C@@H]1O. The number of benzene rings is 1. The van der Waals surface area contributed by atoms with E-state index in [0.717, 1.165) is 0 Å². The van der Waals surface area contributed by atoms with Crippen molar-refractivity contribution in [3.63, 3.8) is 0 Å². The minimum atomic E-state index is -2.76. The van der Waals surface area contributed by atoms with Crippen LogP contribution in [0.15, 0.2) is 30.3 Å². The van der Waals surface area contributed by atoms with Gasteiger partial charge in [-0.3, -0.25) is 0 Å². The van der Waals surface area contributed by atoms with Gasteiger partial charge in [-0.15, -0.1) is 0 Å². The molecule has 4 heteroatoms. The number of hydrogen-bond donors (Lipinski definition) is 2. The van der Waals surface area contributed by atoms with Crippen LogP contribution in [-0.2, 0) is 4.57 Å². The van der Waals surface area contributed by atoms with E-state index < -0.39 is 19.1 Å². The van der Waals surface area contributed by atoms with Crippen molar-refractivity contribution in [3.8, 4) is 0 Å². The predicted octanol–water partition coefficient (Wildman–Crippen LogP) is 0.758. The van der Waals surface area contributed by atoms with Crippen LogP contribution in [0.1, 0.15) is 6.42 Å². The van der Waals surface area contributed by atoms with Crippen molar-refractivity contribution in [1.29, 1.82) is 0 Å². The van der Waals surface area contributed by atoms with Gasteiger partial charge in [-0.25, -0.2) is 0 Å². The lowest BCUT2D eigenvalue weighted by atomic mass is 10.3. The summed E-state index contributed by atoms with van der Waals surface area (Å²) in [6.07, 6.45) is -0.00629. The zero-order chi connectivity index (χ0) is 10.2. The molecular weight excluding hydrogens is 199 g/mol. The smallest absolute Gasteiger partial charge is 0.145 e. The second-order valence-corrected chi connectivity index (χ2v) is 6.71. The van der Waals surface area contributed by atoms with Crippen LogP contribution in [0.3, 0.4) is 0 Å². The first-order valence-electron chi connectivity index (χ1n) is 4.65. The van der Waals surface area contributed by atoms with Gasteiger partial charge in [-0.2, -0.15) is 0 Å². The number of hydrogen-bond acceptors (Lipinski definition) is 3. The maximum atomic E-state index is 12.3. The summed E-state index contributed by atoms with van der Waals surface area (Å²) in [4.78, 5) is 0. The highest BCUT2D eigenvalue weighted by Gasteiger charge is 2.43. The molecule has 0 saturated carbocycles. The maximum absolute atomic E-state index is 12.3. The summed E-state index contributed by atoms with van der Waals surface area (Å²) in [5.74, 6) is -1.08. The fourth-order valence-electron chi connectivity index (χ4n) is 1.85. The molecule has 1 aliphatic rings.